The van der Waals surface area contributed by atoms with Gasteiger partial charge in [0.1, 0.15) is 6.04 Å². The van der Waals surface area contributed by atoms with E-state index in [4.69, 9.17) is 15.6 Å². The van der Waals surface area contributed by atoms with Crippen LogP contribution < -0.4 is 10.5 Å². The molecule has 1 rings (SSSR count). The van der Waals surface area contributed by atoms with E-state index in [0.29, 0.717) is 0 Å². The maximum Gasteiger partial charge on any atom is 0.326 e. The lowest BCUT2D eigenvalue weighted by Crippen LogP contribution is -2.22. The summed E-state index contributed by atoms with van der Waals surface area (Å²) in [6.07, 6.45) is 1.35. The Balaban J connectivity index is 2.87. The molecule has 1 heterocycles. The van der Waals surface area contributed by atoms with Crippen LogP contribution in [0.5, 0.6) is 6.01 Å². The van der Waals surface area contributed by atoms with Crippen molar-refractivity contribution < 1.29 is 14.6 Å². The molecule has 3 N–H and O–H groups in total. The third-order valence-electron chi connectivity index (χ3n) is 1.58. The van der Waals surface area contributed by atoms with Crippen LogP contribution in [0.2, 0.25) is 0 Å². The Labute approximate surface area is 87.1 Å². The van der Waals surface area contributed by atoms with E-state index in [-0.39, 0.29) is 17.8 Å². The molecule has 1 aromatic heterocycles. The van der Waals surface area contributed by atoms with Crippen molar-refractivity contribution in [2.75, 3.05) is 0 Å². The SMILES string of the molecule is CC(C)Oc1nccc(C(N)C(=O)O)n1. The molecule has 0 saturated carbocycles. The van der Waals surface area contributed by atoms with Gasteiger partial charge < -0.3 is 15.6 Å². The van der Waals surface area contributed by atoms with Gasteiger partial charge in [-0.1, -0.05) is 0 Å². The summed E-state index contributed by atoms with van der Waals surface area (Å²) in [5.74, 6) is -1.14. The molecule has 1 aromatic rings. The summed E-state index contributed by atoms with van der Waals surface area (Å²) in [7, 11) is 0. The average Bonchev–Trinajstić information content (AvgIpc) is 2.16. The Bertz CT molecular complexity index is 354. The third kappa shape index (κ3) is 3.17. The number of aliphatic carboxylic acids is 1. The van der Waals surface area contributed by atoms with Crippen LogP contribution in [-0.4, -0.2) is 27.1 Å². The number of nitrogens with zero attached hydrogens (tertiary/aromatic N) is 2. The van der Waals surface area contributed by atoms with Crippen LogP contribution >= 0.6 is 0 Å². The number of hydrogen-bond donors (Lipinski definition) is 2. The fourth-order valence-corrected chi connectivity index (χ4v) is 0.921. The van der Waals surface area contributed by atoms with Crippen LogP contribution in [0.25, 0.3) is 0 Å². The van der Waals surface area contributed by atoms with E-state index < -0.39 is 12.0 Å². The molecule has 0 saturated heterocycles. The predicted octanol–water partition coefficient (Wildman–Crippen LogP) is 0.348. The zero-order valence-corrected chi connectivity index (χ0v) is 8.54. The lowest BCUT2D eigenvalue weighted by molar-refractivity contribution is -0.138. The number of carboxylic acids is 1. The Morgan fingerprint density at radius 3 is 2.80 bits per heavy atom. The molecule has 0 amide bonds. The maximum absolute atomic E-state index is 10.6. The normalized spacial score (nSPS) is 12.5. The number of rotatable bonds is 4. The Hall–Kier alpha value is -1.69. The summed E-state index contributed by atoms with van der Waals surface area (Å²) in [5.41, 5.74) is 5.62. The molecule has 0 aliphatic carbocycles. The third-order valence-corrected chi connectivity index (χ3v) is 1.58. The standard InChI is InChI=1S/C9H13N3O3/c1-5(2)15-9-11-4-3-6(12-9)7(10)8(13)14/h3-5,7H,10H2,1-2H3,(H,13,14). The molecule has 1 atom stereocenters. The lowest BCUT2D eigenvalue weighted by Gasteiger charge is -2.09. The van der Waals surface area contributed by atoms with Crippen molar-refractivity contribution in [3.8, 4) is 6.01 Å². The van der Waals surface area contributed by atoms with E-state index in [0.717, 1.165) is 0 Å². The Morgan fingerprint density at radius 1 is 1.60 bits per heavy atom. The second-order valence-electron chi connectivity index (χ2n) is 3.25. The van der Waals surface area contributed by atoms with Gasteiger partial charge in [-0.2, -0.15) is 4.98 Å². The van der Waals surface area contributed by atoms with Crippen LogP contribution in [0.4, 0.5) is 0 Å². The van der Waals surface area contributed by atoms with Crippen molar-refractivity contribution in [1.82, 2.24) is 9.97 Å². The first-order valence-corrected chi connectivity index (χ1v) is 4.48. The quantitative estimate of drug-likeness (QED) is 0.745. The van der Waals surface area contributed by atoms with Crippen molar-refractivity contribution in [3.05, 3.63) is 18.0 Å². The zero-order valence-electron chi connectivity index (χ0n) is 8.54. The topological polar surface area (TPSA) is 98.3 Å². The van der Waals surface area contributed by atoms with Gasteiger partial charge in [0.15, 0.2) is 0 Å². The molecule has 0 radical (unpaired) electrons. The molecule has 0 fully saturated rings. The minimum absolute atomic E-state index is 0.0682. The van der Waals surface area contributed by atoms with Gasteiger partial charge in [-0.25, -0.2) is 4.98 Å². The van der Waals surface area contributed by atoms with Crippen molar-refractivity contribution in [1.29, 1.82) is 0 Å². The number of ether oxygens (including phenoxy) is 1. The first-order valence-electron chi connectivity index (χ1n) is 4.48. The fraction of sp³-hybridized carbons (Fsp3) is 0.444. The summed E-state index contributed by atoms with van der Waals surface area (Å²) in [4.78, 5) is 18.3. The molecule has 1 unspecified atom stereocenters. The van der Waals surface area contributed by atoms with E-state index in [1.165, 1.54) is 12.3 Å². The van der Waals surface area contributed by atoms with Crippen LogP contribution in [-0.2, 0) is 4.79 Å². The summed E-state index contributed by atoms with van der Waals surface area (Å²) in [5, 5.41) is 8.68. The first-order chi connectivity index (χ1) is 7.00. The van der Waals surface area contributed by atoms with Crippen molar-refractivity contribution in [3.63, 3.8) is 0 Å². The van der Waals surface area contributed by atoms with E-state index in [2.05, 4.69) is 9.97 Å². The summed E-state index contributed by atoms with van der Waals surface area (Å²) < 4.78 is 5.21. The van der Waals surface area contributed by atoms with Gasteiger partial charge >= 0.3 is 12.0 Å². The molecule has 0 aromatic carbocycles. The monoisotopic (exact) mass is 211 g/mol. The van der Waals surface area contributed by atoms with Crippen LogP contribution in [0.3, 0.4) is 0 Å². The van der Waals surface area contributed by atoms with Crippen LogP contribution in [0, 0.1) is 0 Å². The number of nitrogens with two attached hydrogens (primary N) is 1. The highest BCUT2D eigenvalue weighted by Crippen LogP contribution is 2.11. The predicted molar refractivity (Wildman–Crippen MR) is 52.4 cm³/mol. The van der Waals surface area contributed by atoms with E-state index in [1.54, 1.807) is 0 Å². The van der Waals surface area contributed by atoms with Crippen LogP contribution in [0.1, 0.15) is 25.6 Å². The average molecular weight is 211 g/mol. The Kier molecular flexibility index (Phi) is 3.56. The molecule has 82 valence electrons. The van der Waals surface area contributed by atoms with Crippen molar-refractivity contribution in [2.45, 2.75) is 26.0 Å². The first kappa shape index (κ1) is 11.4. The largest absolute Gasteiger partial charge is 0.480 e. The minimum atomic E-state index is -1.15. The molecule has 0 aliphatic heterocycles. The van der Waals surface area contributed by atoms with E-state index in [1.807, 2.05) is 13.8 Å². The van der Waals surface area contributed by atoms with Gasteiger partial charge in [-0.3, -0.25) is 4.79 Å². The molecule has 6 heteroatoms. The summed E-state index contributed by atoms with van der Waals surface area (Å²) >= 11 is 0. The molecule has 0 bridgehead atoms. The summed E-state index contributed by atoms with van der Waals surface area (Å²) in [6.45, 7) is 3.65. The summed E-state index contributed by atoms with van der Waals surface area (Å²) in [6, 6.07) is 0.438. The molecular weight excluding hydrogens is 198 g/mol. The second-order valence-corrected chi connectivity index (χ2v) is 3.25. The van der Waals surface area contributed by atoms with Crippen LogP contribution in [0.15, 0.2) is 12.3 Å². The highest BCUT2D eigenvalue weighted by atomic mass is 16.5. The van der Waals surface area contributed by atoms with Gasteiger partial charge in [0, 0.05) is 6.20 Å². The molecule has 0 aliphatic rings. The van der Waals surface area contributed by atoms with Gasteiger partial charge in [0.05, 0.1) is 11.8 Å². The van der Waals surface area contributed by atoms with Gasteiger partial charge in [0.2, 0.25) is 0 Å². The van der Waals surface area contributed by atoms with Gasteiger partial charge in [0.25, 0.3) is 0 Å². The maximum atomic E-state index is 10.6. The number of aromatic nitrogens is 2. The Morgan fingerprint density at radius 2 is 2.27 bits per heavy atom. The number of carboxylic acid groups (broad SMARTS) is 1. The van der Waals surface area contributed by atoms with E-state index in [9.17, 15) is 4.79 Å². The molecular formula is C9H13N3O3. The lowest BCUT2D eigenvalue weighted by atomic mass is 10.2. The molecule has 6 nitrogen and oxygen atoms in total. The fourth-order valence-electron chi connectivity index (χ4n) is 0.921. The van der Waals surface area contributed by atoms with E-state index >= 15 is 0 Å². The van der Waals surface area contributed by atoms with Crippen molar-refractivity contribution >= 4 is 5.97 Å². The molecule has 15 heavy (non-hydrogen) atoms. The number of hydrogen-bond acceptors (Lipinski definition) is 5. The van der Waals surface area contributed by atoms with Gasteiger partial charge in [-0.05, 0) is 19.9 Å². The highest BCUT2D eigenvalue weighted by Gasteiger charge is 2.16. The molecule has 0 spiro atoms. The highest BCUT2D eigenvalue weighted by molar-refractivity contribution is 5.74. The second kappa shape index (κ2) is 4.70. The van der Waals surface area contributed by atoms with Crippen molar-refractivity contribution in [2.24, 2.45) is 5.73 Å². The smallest absolute Gasteiger partial charge is 0.326 e. The minimum Gasteiger partial charge on any atom is -0.480 e. The number of carbonyl (C=O) groups is 1. The zero-order chi connectivity index (χ0) is 11.4. The van der Waals surface area contributed by atoms with Gasteiger partial charge in [-0.15, -0.1) is 0 Å².